The lowest BCUT2D eigenvalue weighted by Gasteiger charge is -2.23. The Balaban J connectivity index is 1.38. The zero-order valence-corrected chi connectivity index (χ0v) is 16.5. The van der Waals surface area contributed by atoms with Gasteiger partial charge in [0.15, 0.2) is 5.82 Å². The molecular weight excluding hydrogens is 378 g/mol. The SMILES string of the molecule is Cc1cc(F)c(C[C@@H](N)CC(=O)N2CCC[C@H]2c2nc(CC3CC3)no2)cc1F. The molecule has 4 rings (SSSR count). The van der Waals surface area contributed by atoms with Crippen LogP contribution in [0.3, 0.4) is 0 Å². The molecule has 0 bridgehead atoms. The molecule has 0 radical (unpaired) electrons. The second-order valence-corrected chi connectivity index (χ2v) is 8.30. The van der Waals surface area contributed by atoms with E-state index >= 15 is 0 Å². The van der Waals surface area contributed by atoms with Crippen LogP contribution in [0.4, 0.5) is 8.78 Å². The number of halogens is 2. The molecule has 8 heteroatoms. The third-order valence-corrected chi connectivity index (χ3v) is 5.76. The number of likely N-dealkylation sites (tertiary alicyclic amines) is 1. The second kappa shape index (κ2) is 8.18. The highest BCUT2D eigenvalue weighted by Crippen LogP contribution is 2.34. The monoisotopic (exact) mass is 404 g/mol. The number of nitrogens with two attached hydrogens (primary N) is 1. The summed E-state index contributed by atoms with van der Waals surface area (Å²) < 4.78 is 33.2. The van der Waals surface area contributed by atoms with Gasteiger partial charge in [0, 0.05) is 25.4 Å². The molecule has 2 N–H and O–H groups in total. The highest BCUT2D eigenvalue weighted by atomic mass is 19.1. The summed E-state index contributed by atoms with van der Waals surface area (Å²) in [4.78, 5) is 19.0. The molecule has 2 heterocycles. The zero-order valence-electron chi connectivity index (χ0n) is 16.5. The molecule has 29 heavy (non-hydrogen) atoms. The molecule has 0 unspecified atom stereocenters. The molecule has 1 aromatic carbocycles. The van der Waals surface area contributed by atoms with Crippen LogP contribution in [0.2, 0.25) is 0 Å². The van der Waals surface area contributed by atoms with E-state index in [2.05, 4.69) is 10.1 Å². The van der Waals surface area contributed by atoms with Gasteiger partial charge in [0.2, 0.25) is 11.8 Å². The van der Waals surface area contributed by atoms with Gasteiger partial charge in [-0.2, -0.15) is 4.98 Å². The van der Waals surface area contributed by atoms with E-state index in [0.717, 1.165) is 31.4 Å². The average Bonchev–Trinajstić information content (AvgIpc) is 3.15. The van der Waals surface area contributed by atoms with Gasteiger partial charge >= 0.3 is 0 Å². The summed E-state index contributed by atoms with van der Waals surface area (Å²) in [5.41, 5.74) is 6.53. The maximum atomic E-state index is 14.1. The fourth-order valence-electron chi connectivity index (χ4n) is 3.93. The van der Waals surface area contributed by atoms with Crippen LogP contribution in [0.25, 0.3) is 0 Å². The smallest absolute Gasteiger partial charge is 0.249 e. The number of benzene rings is 1. The van der Waals surface area contributed by atoms with Crippen LogP contribution < -0.4 is 5.73 Å². The number of rotatable bonds is 7. The maximum absolute atomic E-state index is 14.1. The number of amides is 1. The van der Waals surface area contributed by atoms with Crippen LogP contribution >= 0.6 is 0 Å². The first-order chi connectivity index (χ1) is 13.9. The van der Waals surface area contributed by atoms with Gasteiger partial charge < -0.3 is 15.2 Å². The number of aryl methyl sites for hydroxylation is 1. The summed E-state index contributed by atoms with van der Waals surface area (Å²) in [7, 11) is 0. The Labute approximate surface area is 168 Å². The van der Waals surface area contributed by atoms with Crippen molar-refractivity contribution in [3.05, 3.63) is 46.6 Å². The fraction of sp³-hybridized carbons (Fsp3) is 0.571. The van der Waals surface area contributed by atoms with Gasteiger partial charge in [-0.25, -0.2) is 8.78 Å². The standard InChI is InChI=1S/C21H26F2N4O2/c1-12-7-17(23)14(10-16(12)22)9-15(24)11-20(28)27-6-2-3-18(27)21-25-19(26-29-21)8-13-4-5-13/h7,10,13,15,18H,2-6,8-9,11,24H2,1H3/t15-,18+/m1/s1. The predicted molar refractivity (Wildman–Crippen MR) is 102 cm³/mol. The van der Waals surface area contributed by atoms with E-state index in [0.29, 0.717) is 24.2 Å². The quantitative estimate of drug-likeness (QED) is 0.766. The number of hydrogen-bond donors (Lipinski definition) is 1. The van der Waals surface area contributed by atoms with Crippen molar-refractivity contribution in [3.8, 4) is 0 Å². The highest BCUT2D eigenvalue weighted by molar-refractivity contribution is 5.77. The van der Waals surface area contributed by atoms with E-state index in [-0.39, 0.29) is 35.9 Å². The van der Waals surface area contributed by atoms with Gasteiger partial charge in [0.1, 0.15) is 17.7 Å². The first kappa shape index (κ1) is 19.9. The number of hydrogen-bond acceptors (Lipinski definition) is 5. The minimum absolute atomic E-state index is 0.0501. The van der Waals surface area contributed by atoms with E-state index in [1.165, 1.54) is 19.8 Å². The lowest BCUT2D eigenvalue weighted by Crippen LogP contribution is -2.36. The van der Waals surface area contributed by atoms with Crippen LogP contribution in [0.1, 0.15) is 61.0 Å². The molecule has 1 saturated carbocycles. The minimum atomic E-state index is -0.603. The van der Waals surface area contributed by atoms with Crippen molar-refractivity contribution in [1.82, 2.24) is 15.0 Å². The van der Waals surface area contributed by atoms with E-state index in [1.807, 2.05) is 0 Å². The topological polar surface area (TPSA) is 85.3 Å². The molecule has 6 nitrogen and oxygen atoms in total. The van der Waals surface area contributed by atoms with Gasteiger partial charge in [-0.1, -0.05) is 5.16 Å². The molecule has 1 aliphatic heterocycles. The molecule has 1 amide bonds. The molecule has 156 valence electrons. The van der Waals surface area contributed by atoms with Crippen molar-refractivity contribution < 1.29 is 18.1 Å². The van der Waals surface area contributed by atoms with Gasteiger partial charge in [0.05, 0.1) is 0 Å². The van der Waals surface area contributed by atoms with Crippen molar-refractivity contribution in [2.45, 2.75) is 64.0 Å². The Hall–Kier alpha value is -2.35. The molecule has 2 aliphatic rings. The largest absolute Gasteiger partial charge is 0.337 e. The fourth-order valence-corrected chi connectivity index (χ4v) is 3.93. The van der Waals surface area contributed by atoms with Gasteiger partial charge in [-0.3, -0.25) is 4.79 Å². The molecule has 0 spiro atoms. The summed E-state index contributed by atoms with van der Waals surface area (Å²) in [6, 6.07) is 1.48. The Morgan fingerprint density at radius 1 is 1.31 bits per heavy atom. The summed E-state index contributed by atoms with van der Waals surface area (Å²) in [6.07, 6.45) is 5.01. The van der Waals surface area contributed by atoms with Crippen LogP contribution in [0, 0.1) is 24.5 Å². The summed E-state index contributed by atoms with van der Waals surface area (Å²) in [5, 5.41) is 4.05. The van der Waals surface area contributed by atoms with Crippen LogP contribution in [0.15, 0.2) is 16.7 Å². The van der Waals surface area contributed by atoms with E-state index in [9.17, 15) is 13.6 Å². The van der Waals surface area contributed by atoms with Crippen molar-refractivity contribution in [3.63, 3.8) is 0 Å². The van der Waals surface area contributed by atoms with Gasteiger partial charge in [-0.15, -0.1) is 0 Å². The number of carbonyl (C=O) groups excluding carboxylic acids is 1. The molecule has 2 atom stereocenters. The minimum Gasteiger partial charge on any atom is -0.337 e. The van der Waals surface area contributed by atoms with E-state index in [4.69, 9.17) is 10.3 Å². The van der Waals surface area contributed by atoms with Crippen molar-refractivity contribution in [2.75, 3.05) is 6.54 Å². The summed E-state index contributed by atoms with van der Waals surface area (Å²) >= 11 is 0. The van der Waals surface area contributed by atoms with Crippen molar-refractivity contribution >= 4 is 5.91 Å². The second-order valence-electron chi connectivity index (χ2n) is 8.30. The molecular formula is C21H26F2N4O2. The lowest BCUT2D eigenvalue weighted by molar-refractivity contribution is -0.132. The van der Waals surface area contributed by atoms with Crippen molar-refractivity contribution in [1.29, 1.82) is 0 Å². The maximum Gasteiger partial charge on any atom is 0.249 e. The first-order valence-corrected chi connectivity index (χ1v) is 10.2. The summed E-state index contributed by atoms with van der Waals surface area (Å²) in [5.74, 6) is 0.738. The number of carbonyl (C=O) groups is 1. The summed E-state index contributed by atoms with van der Waals surface area (Å²) in [6.45, 7) is 2.11. The van der Waals surface area contributed by atoms with E-state index in [1.54, 1.807) is 4.90 Å². The van der Waals surface area contributed by atoms with Crippen molar-refractivity contribution in [2.24, 2.45) is 11.7 Å². The first-order valence-electron chi connectivity index (χ1n) is 10.2. The Bertz CT molecular complexity index is 897. The van der Waals surface area contributed by atoms with Crippen LogP contribution in [-0.4, -0.2) is 33.5 Å². The normalized spacial score (nSPS) is 20.3. The lowest BCUT2D eigenvalue weighted by atomic mass is 10.0. The van der Waals surface area contributed by atoms with E-state index < -0.39 is 17.7 Å². The predicted octanol–water partition coefficient (Wildman–Crippen LogP) is 3.23. The Morgan fingerprint density at radius 2 is 2.10 bits per heavy atom. The molecule has 1 aliphatic carbocycles. The molecule has 1 saturated heterocycles. The average molecular weight is 404 g/mol. The van der Waals surface area contributed by atoms with Gasteiger partial charge in [-0.05, 0) is 68.2 Å². The molecule has 2 aromatic rings. The molecule has 1 aromatic heterocycles. The zero-order chi connectivity index (χ0) is 20.5. The Kier molecular flexibility index (Phi) is 5.63. The molecule has 2 fully saturated rings. The Morgan fingerprint density at radius 3 is 2.86 bits per heavy atom. The van der Waals surface area contributed by atoms with Crippen LogP contribution in [-0.2, 0) is 17.6 Å². The van der Waals surface area contributed by atoms with Crippen LogP contribution in [0.5, 0.6) is 0 Å². The number of aromatic nitrogens is 2. The third kappa shape index (κ3) is 4.63. The highest BCUT2D eigenvalue weighted by Gasteiger charge is 2.35. The van der Waals surface area contributed by atoms with Gasteiger partial charge in [0.25, 0.3) is 0 Å². The number of nitrogens with zero attached hydrogens (tertiary/aromatic N) is 3. The third-order valence-electron chi connectivity index (χ3n) is 5.76.